The number of amides is 1. The van der Waals surface area contributed by atoms with Gasteiger partial charge in [0.05, 0.1) is 29.5 Å². The van der Waals surface area contributed by atoms with Gasteiger partial charge in [-0.1, -0.05) is 25.7 Å². The maximum absolute atomic E-state index is 13.1. The summed E-state index contributed by atoms with van der Waals surface area (Å²) in [6.45, 7) is -0.352. The molecule has 4 rings (SSSR count). The molecule has 1 amide bonds. The third-order valence-corrected chi connectivity index (χ3v) is 6.52. The van der Waals surface area contributed by atoms with E-state index in [0.29, 0.717) is 17.3 Å². The van der Waals surface area contributed by atoms with Crippen molar-refractivity contribution in [3.8, 4) is 0 Å². The first-order chi connectivity index (χ1) is 14.3. The lowest BCUT2D eigenvalue weighted by atomic mass is 9.86. The van der Waals surface area contributed by atoms with Crippen molar-refractivity contribution in [1.29, 1.82) is 0 Å². The van der Waals surface area contributed by atoms with Crippen LogP contribution < -0.4 is 11.1 Å². The van der Waals surface area contributed by atoms with Crippen molar-refractivity contribution in [1.82, 2.24) is 19.9 Å². The molecule has 1 saturated heterocycles. The average molecular weight is 423 g/mol. The van der Waals surface area contributed by atoms with Crippen molar-refractivity contribution in [2.24, 2.45) is 23.5 Å². The molecule has 30 heavy (non-hydrogen) atoms. The Labute approximate surface area is 173 Å². The number of nitrogens with one attached hydrogen (secondary N) is 1. The third-order valence-electron chi connectivity index (χ3n) is 6.52. The van der Waals surface area contributed by atoms with E-state index >= 15 is 0 Å². The molecule has 164 valence electrons. The Morgan fingerprint density at radius 1 is 1.20 bits per heavy atom. The average Bonchev–Trinajstić information content (AvgIpc) is 2.93. The SMILES string of the molecule is NC(c1cn2nc(CC3C[C@H](C(F)(F)F)CNC3=O)ccc2n1)C1CCCCCC1. The number of nitrogens with zero attached hydrogens (tertiary/aromatic N) is 3. The number of hydrogen-bond acceptors (Lipinski definition) is 4. The van der Waals surface area contributed by atoms with Crippen molar-refractivity contribution in [3.63, 3.8) is 0 Å². The fourth-order valence-electron chi connectivity index (χ4n) is 4.70. The zero-order valence-corrected chi connectivity index (χ0v) is 16.9. The lowest BCUT2D eigenvalue weighted by Gasteiger charge is -2.30. The minimum Gasteiger partial charge on any atom is -0.355 e. The Morgan fingerprint density at radius 3 is 2.63 bits per heavy atom. The molecule has 2 fully saturated rings. The Balaban J connectivity index is 1.49. The Bertz CT molecular complexity index is 888. The van der Waals surface area contributed by atoms with Crippen molar-refractivity contribution in [3.05, 3.63) is 29.7 Å². The highest BCUT2D eigenvalue weighted by molar-refractivity contribution is 5.79. The fraction of sp³-hybridized carbons (Fsp3) is 0.667. The van der Waals surface area contributed by atoms with Crippen LogP contribution in [0.15, 0.2) is 18.3 Å². The highest BCUT2D eigenvalue weighted by atomic mass is 19.4. The molecule has 2 aliphatic rings. The zero-order chi connectivity index (χ0) is 21.3. The molecular weight excluding hydrogens is 395 g/mol. The summed E-state index contributed by atoms with van der Waals surface area (Å²) in [5.41, 5.74) is 8.51. The number of carbonyl (C=O) groups excluding carboxylic acids is 1. The van der Waals surface area contributed by atoms with E-state index in [2.05, 4.69) is 15.4 Å². The van der Waals surface area contributed by atoms with Gasteiger partial charge in [-0.2, -0.15) is 18.3 Å². The summed E-state index contributed by atoms with van der Waals surface area (Å²) in [5.74, 6) is -2.20. The van der Waals surface area contributed by atoms with Crippen LogP contribution in [0.3, 0.4) is 0 Å². The van der Waals surface area contributed by atoms with Gasteiger partial charge in [0.15, 0.2) is 5.65 Å². The third kappa shape index (κ3) is 4.61. The Morgan fingerprint density at radius 2 is 1.93 bits per heavy atom. The molecule has 6 nitrogen and oxygen atoms in total. The summed E-state index contributed by atoms with van der Waals surface area (Å²) in [4.78, 5) is 16.7. The molecular formula is C21H28F3N5O. The highest BCUT2D eigenvalue weighted by Gasteiger charge is 2.44. The second-order valence-electron chi connectivity index (χ2n) is 8.69. The molecule has 0 radical (unpaired) electrons. The van der Waals surface area contributed by atoms with Crippen LogP contribution in [-0.4, -0.2) is 33.2 Å². The van der Waals surface area contributed by atoms with Gasteiger partial charge in [0.25, 0.3) is 0 Å². The van der Waals surface area contributed by atoms with E-state index in [4.69, 9.17) is 5.73 Å². The first-order valence-corrected chi connectivity index (χ1v) is 10.8. The molecule has 2 aromatic rings. The first kappa shape index (κ1) is 21.1. The molecule has 0 spiro atoms. The number of aromatic nitrogens is 3. The molecule has 0 aromatic carbocycles. The normalized spacial score (nSPS) is 25.1. The van der Waals surface area contributed by atoms with Gasteiger partial charge in [-0.05, 0) is 37.3 Å². The summed E-state index contributed by atoms with van der Waals surface area (Å²) in [7, 11) is 0. The number of halogens is 3. The van der Waals surface area contributed by atoms with Crippen LogP contribution in [0.25, 0.3) is 5.65 Å². The second kappa shape index (κ2) is 8.53. The molecule has 2 aromatic heterocycles. The van der Waals surface area contributed by atoms with Gasteiger partial charge in [-0.3, -0.25) is 4.79 Å². The van der Waals surface area contributed by atoms with Crippen molar-refractivity contribution < 1.29 is 18.0 Å². The van der Waals surface area contributed by atoms with Crippen molar-refractivity contribution in [2.75, 3.05) is 6.54 Å². The minimum absolute atomic E-state index is 0.148. The quantitative estimate of drug-likeness (QED) is 0.737. The zero-order valence-electron chi connectivity index (χ0n) is 16.9. The molecule has 3 heterocycles. The molecule has 0 bridgehead atoms. The van der Waals surface area contributed by atoms with Gasteiger partial charge in [0, 0.05) is 18.9 Å². The number of hydrogen-bond donors (Lipinski definition) is 2. The van der Waals surface area contributed by atoms with Crippen LogP contribution in [0.1, 0.15) is 62.4 Å². The number of piperidine rings is 1. The summed E-state index contributed by atoms with van der Waals surface area (Å²) >= 11 is 0. The van der Waals surface area contributed by atoms with E-state index in [0.717, 1.165) is 18.5 Å². The van der Waals surface area contributed by atoms with E-state index < -0.39 is 18.0 Å². The molecule has 1 aliphatic carbocycles. The van der Waals surface area contributed by atoms with E-state index in [9.17, 15) is 18.0 Å². The number of rotatable bonds is 4. The molecule has 3 atom stereocenters. The van der Waals surface area contributed by atoms with Crippen LogP contribution in [0.4, 0.5) is 13.2 Å². The van der Waals surface area contributed by atoms with Gasteiger partial charge < -0.3 is 11.1 Å². The first-order valence-electron chi connectivity index (χ1n) is 10.8. The number of nitrogens with two attached hydrogens (primary N) is 1. The maximum Gasteiger partial charge on any atom is 0.393 e. The van der Waals surface area contributed by atoms with E-state index in [-0.39, 0.29) is 31.3 Å². The monoisotopic (exact) mass is 423 g/mol. The largest absolute Gasteiger partial charge is 0.393 e. The van der Waals surface area contributed by atoms with Crippen LogP contribution in [0, 0.1) is 17.8 Å². The summed E-state index contributed by atoms with van der Waals surface area (Å²) in [6.07, 6.45) is 4.55. The van der Waals surface area contributed by atoms with E-state index in [1.807, 2.05) is 6.20 Å². The minimum atomic E-state index is -4.31. The standard InChI is InChI=1S/C21H28F3N5O/c22-21(23,24)15-9-14(20(30)26-11-15)10-16-7-8-18-27-17(12-29(18)28-16)19(25)13-5-3-1-2-4-6-13/h7-8,12-15,19H,1-6,9-11,25H2,(H,26,30)/t14?,15-,19?/m0/s1. The van der Waals surface area contributed by atoms with Crippen LogP contribution in [0.5, 0.6) is 0 Å². The highest BCUT2D eigenvalue weighted by Crippen LogP contribution is 2.34. The Hall–Kier alpha value is -2.16. The van der Waals surface area contributed by atoms with Gasteiger partial charge in [0.2, 0.25) is 5.91 Å². The lowest BCUT2D eigenvalue weighted by Crippen LogP contribution is -2.47. The fourth-order valence-corrected chi connectivity index (χ4v) is 4.70. The molecule has 1 saturated carbocycles. The summed E-state index contributed by atoms with van der Waals surface area (Å²) in [6, 6.07) is 3.37. The smallest absolute Gasteiger partial charge is 0.355 e. The molecule has 9 heteroatoms. The predicted molar refractivity (Wildman–Crippen MR) is 105 cm³/mol. The summed E-state index contributed by atoms with van der Waals surface area (Å²) < 4.78 is 40.8. The number of alkyl halides is 3. The van der Waals surface area contributed by atoms with Crippen molar-refractivity contribution in [2.45, 2.75) is 63.6 Å². The topological polar surface area (TPSA) is 85.3 Å². The van der Waals surface area contributed by atoms with Crippen molar-refractivity contribution >= 4 is 11.6 Å². The maximum atomic E-state index is 13.1. The van der Waals surface area contributed by atoms with Crippen LogP contribution in [0.2, 0.25) is 0 Å². The van der Waals surface area contributed by atoms with Gasteiger partial charge >= 0.3 is 6.18 Å². The number of carbonyl (C=O) groups is 1. The lowest BCUT2D eigenvalue weighted by molar-refractivity contribution is -0.183. The van der Waals surface area contributed by atoms with Gasteiger partial charge in [-0.15, -0.1) is 0 Å². The van der Waals surface area contributed by atoms with Crippen LogP contribution >= 0.6 is 0 Å². The van der Waals surface area contributed by atoms with E-state index in [1.165, 1.54) is 25.7 Å². The number of fused-ring (bicyclic) bond motifs is 1. The van der Waals surface area contributed by atoms with Gasteiger partial charge in [0.1, 0.15) is 0 Å². The van der Waals surface area contributed by atoms with E-state index in [1.54, 1.807) is 16.6 Å². The number of imidazole rings is 1. The van der Waals surface area contributed by atoms with Crippen LogP contribution in [-0.2, 0) is 11.2 Å². The molecule has 1 aliphatic heterocycles. The Kier molecular flexibility index (Phi) is 5.99. The molecule has 2 unspecified atom stereocenters. The predicted octanol–water partition coefficient (Wildman–Crippen LogP) is 3.56. The second-order valence-corrected chi connectivity index (χ2v) is 8.69. The van der Waals surface area contributed by atoms with Gasteiger partial charge in [-0.25, -0.2) is 9.50 Å². The molecule has 3 N–H and O–H groups in total. The summed E-state index contributed by atoms with van der Waals surface area (Å²) in [5, 5.41) is 6.88.